The SMILES string of the molecule is c1ncc(CNC2CCOC2C2CC2)o1. The van der Waals surface area contributed by atoms with Crippen LogP contribution < -0.4 is 5.32 Å². The number of nitrogens with one attached hydrogen (secondary N) is 1. The molecule has 0 amide bonds. The Morgan fingerprint density at radius 1 is 1.40 bits per heavy atom. The predicted octanol–water partition coefficient (Wildman–Crippen LogP) is 1.33. The largest absolute Gasteiger partial charge is 0.447 e. The van der Waals surface area contributed by atoms with Crippen molar-refractivity contribution >= 4 is 0 Å². The van der Waals surface area contributed by atoms with Gasteiger partial charge in [0.25, 0.3) is 0 Å². The normalized spacial score (nSPS) is 30.9. The summed E-state index contributed by atoms with van der Waals surface area (Å²) in [5, 5.41) is 3.50. The maximum Gasteiger partial charge on any atom is 0.180 e. The zero-order valence-corrected chi connectivity index (χ0v) is 8.69. The van der Waals surface area contributed by atoms with Crippen LogP contribution in [0.3, 0.4) is 0 Å². The van der Waals surface area contributed by atoms with E-state index in [0.29, 0.717) is 12.1 Å². The quantitative estimate of drug-likeness (QED) is 0.811. The molecule has 82 valence electrons. The number of hydrogen-bond acceptors (Lipinski definition) is 4. The third-order valence-corrected chi connectivity index (χ3v) is 3.24. The lowest BCUT2D eigenvalue weighted by Gasteiger charge is -2.18. The number of aromatic nitrogens is 1. The van der Waals surface area contributed by atoms with E-state index in [9.17, 15) is 0 Å². The van der Waals surface area contributed by atoms with E-state index < -0.39 is 0 Å². The van der Waals surface area contributed by atoms with E-state index in [0.717, 1.165) is 31.3 Å². The number of oxazole rings is 1. The summed E-state index contributed by atoms with van der Waals surface area (Å²) in [5.41, 5.74) is 0. The number of ether oxygens (including phenoxy) is 1. The summed E-state index contributed by atoms with van der Waals surface area (Å²) in [5.74, 6) is 1.70. The highest BCUT2D eigenvalue weighted by atomic mass is 16.5. The molecule has 1 N–H and O–H groups in total. The zero-order valence-electron chi connectivity index (χ0n) is 8.69. The van der Waals surface area contributed by atoms with E-state index in [4.69, 9.17) is 9.15 Å². The summed E-state index contributed by atoms with van der Waals surface area (Å²) in [4.78, 5) is 3.90. The molecule has 1 saturated carbocycles. The standard InChI is InChI=1S/C11H16N2O2/c1-2-8(1)11-10(3-4-14-11)13-6-9-5-12-7-15-9/h5,7-8,10-11,13H,1-4,6H2. The van der Waals surface area contributed by atoms with Crippen LogP contribution in [0.15, 0.2) is 17.0 Å². The van der Waals surface area contributed by atoms with E-state index in [1.165, 1.54) is 19.2 Å². The van der Waals surface area contributed by atoms with Gasteiger partial charge in [0.2, 0.25) is 0 Å². The molecule has 4 heteroatoms. The fourth-order valence-corrected chi connectivity index (χ4v) is 2.28. The van der Waals surface area contributed by atoms with Crippen molar-refractivity contribution in [3.05, 3.63) is 18.4 Å². The minimum Gasteiger partial charge on any atom is -0.447 e. The lowest BCUT2D eigenvalue weighted by Crippen LogP contribution is -2.37. The molecule has 2 atom stereocenters. The van der Waals surface area contributed by atoms with Crippen molar-refractivity contribution < 1.29 is 9.15 Å². The minimum absolute atomic E-state index is 0.438. The highest BCUT2D eigenvalue weighted by Gasteiger charge is 2.40. The van der Waals surface area contributed by atoms with Crippen LogP contribution >= 0.6 is 0 Å². The van der Waals surface area contributed by atoms with Gasteiger partial charge in [0.1, 0.15) is 5.76 Å². The van der Waals surface area contributed by atoms with Gasteiger partial charge in [-0.1, -0.05) is 0 Å². The summed E-state index contributed by atoms with van der Waals surface area (Å²) in [6.45, 7) is 1.66. The van der Waals surface area contributed by atoms with Crippen molar-refractivity contribution in [2.45, 2.75) is 38.0 Å². The monoisotopic (exact) mass is 208 g/mol. The maximum absolute atomic E-state index is 5.75. The molecular weight excluding hydrogens is 192 g/mol. The zero-order chi connectivity index (χ0) is 10.1. The van der Waals surface area contributed by atoms with Gasteiger partial charge in [-0.05, 0) is 25.2 Å². The third-order valence-electron chi connectivity index (χ3n) is 3.24. The maximum atomic E-state index is 5.75. The fraction of sp³-hybridized carbons (Fsp3) is 0.727. The first-order valence-electron chi connectivity index (χ1n) is 5.66. The number of hydrogen-bond donors (Lipinski definition) is 1. The molecule has 4 nitrogen and oxygen atoms in total. The molecule has 0 bridgehead atoms. The summed E-state index contributed by atoms with van der Waals surface area (Å²) in [6, 6.07) is 0.502. The Labute approximate surface area is 89.0 Å². The Bertz CT molecular complexity index is 308. The van der Waals surface area contributed by atoms with Crippen LogP contribution in [0.25, 0.3) is 0 Å². The summed E-state index contributed by atoms with van der Waals surface area (Å²) >= 11 is 0. The Kier molecular flexibility index (Phi) is 2.46. The summed E-state index contributed by atoms with van der Waals surface area (Å²) < 4.78 is 10.9. The molecule has 0 aromatic carbocycles. The lowest BCUT2D eigenvalue weighted by atomic mass is 10.1. The molecule has 1 aromatic heterocycles. The topological polar surface area (TPSA) is 47.3 Å². The highest BCUT2D eigenvalue weighted by Crippen LogP contribution is 2.38. The fourth-order valence-electron chi connectivity index (χ4n) is 2.28. The van der Waals surface area contributed by atoms with Crippen LogP contribution in [0.4, 0.5) is 0 Å². The molecule has 1 aliphatic carbocycles. The molecule has 3 rings (SSSR count). The van der Waals surface area contributed by atoms with Gasteiger partial charge >= 0.3 is 0 Å². The van der Waals surface area contributed by atoms with E-state index in [2.05, 4.69) is 10.3 Å². The van der Waals surface area contributed by atoms with Gasteiger partial charge in [-0.15, -0.1) is 0 Å². The second-order valence-corrected chi connectivity index (χ2v) is 4.42. The molecule has 2 aliphatic rings. The minimum atomic E-state index is 0.438. The van der Waals surface area contributed by atoms with Crippen molar-refractivity contribution in [1.82, 2.24) is 10.3 Å². The first kappa shape index (κ1) is 9.36. The molecular formula is C11H16N2O2. The lowest BCUT2D eigenvalue weighted by molar-refractivity contribution is 0.0805. The first-order valence-corrected chi connectivity index (χ1v) is 5.66. The van der Waals surface area contributed by atoms with Gasteiger partial charge in [0, 0.05) is 12.6 Å². The Morgan fingerprint density at radius 3 is 3.07 bits per heavy atom. The van der Waals surface area contributed by atoms with Crippen molar-refractivity contribution in [2.24, 2.45) is 5.92 Å². The van der Waals surface area contributed by atoms with Crippen LogP contribution in [-0.2, 0) is 11.3 Å². The first-order chi connectivity index (χ1) is 7.43. The van der Waals surface area contributed by atoms with Crippen molar-refractivity contribution in [2.75, 3.05) is 6.61 Å². The third kappa shape index (κ3) is 2.06. The van der Waals surface area contributed by atoms with Gasteiger partial charge in [0.05, 0.1) is 18.8 Å². The van der Waals surface area contributed by atoms with Crippen LogP contribution in [0.5, 0.6) is 0 Å². The second kappa shape index (κ2) is 3.94. The number of nitrogens with zero attached hydrogens (tertiary/aromatic N) is 1. The van der Waals surface area contributed by atoms with Crippen LogP contribution in [0, 0.1) is 5.92 Å². The van der Waals surface area contributed by atoms with Crippen LogP contribution in [0.1, 0.15) is 25.0 Å². The molecule has 2 heterocycles. The van der Waals surface area contributed by atoms with Crippen molar-refractivity contribution in [3.8, 4) is 0 Å². The number of rotatable bonds is 4. The van der Waals surface area contributed by atoms with Gasteiger partial charge < -0.3 is 14.5 Å². The Balaban J connectivity index is 1.53. The molecule has 1 saturated heterocycles. The molecule has 2 unspecified atom stereocenters. The van der Waals surface area contributed by atoms with Gasteiger partial charge in [0.15, 0.2) is 6.39 Å². The molecule has 2 fully saturated rings. The van der Waals surface area contributed by atoms with Gasteiger partial charge in [-0.3, -0.25) is 0 Å². The van der Waals surface area contributed by atoms with Crippen molar-refractivity contribution in [3.63, 3.8) is 0 Å². The van der Waals surface area contributed by atoms with E-state index >= 15 is 0 Å². The van der Waals surface area contributed by atoms with Gasteiger partial charge in [-0.25, -0.2) is 4.98 Å². The average molecular weight is 208 g/mol. The van der Waals surface area contributed by atoms with E-state index in [1.807, 2.05) is 0 Å². The molecule has 0 spiro atoms. The smallest absolute Gasteiger partial charge is 0.180 e. The predicted molar refractivity (Wildman–Crippen MR) is 54.2 cm³/mol. The van der Waals surface area contributed by atoms with Crippen molar-refractivity contribution in [1.29, 1.82) is 0 Å². The Morgan fingerprint density at radius 2 is 2.33 bits per heavy atom. The molecule has 1 aliphatic heterocycles. The van der Waals surface area contributed by atoms with E-state index in [1.54, 1.807) is 6.20 Å². The van der Waals surface area contributed by atoms with Crippen LogP contribution in [-0.4, -0.2) is 23.7 Å². The Hall–Kier alpha value is -0.870. The molecule has 0 radical (unpaired) electrons. The summed E-state index contributed by atoms with van der Waals surface area (Å²) in [6.07, 6.45) is 7.47. The molecule has 15 heavy (non-hydrogen) atoms. The molecule has 1 aromatic rings. The van der Waals surface area contributed by atoms with Crippen LogP contribution in [0.2, 0.25) is 0 Å². The van der Waals surface area contributed by atoms with Gasteiger partial charge in [-0.2, -0.15) is 0 Å². The summed E-state index contributed by atoms with van der Waals surface area (Å²) in [7, 11) is 0. The average Bonchev–Trinajstić information content (AvgIpc) is 2.81. The van der Waals surface area contributed by atoms with E-state index in [-0.39, 0.29) is 0 Å². The second-order valence-electron chi connectivity index (χ2n) is 4.42. The highest BCUT2D eigenvalue weighted by molar-refractivity contribution is 4.95.